The summed E-state index contributed by atoms with van der Waals surface area (Å²) in [7, 11) is 0. The lowest BCUT2D eigenvalue weighted by atomic mass is 10.1. The number of rotatable bonds is 9. The van der Waals surface area contributed by atoms with E-state index in [1.165, 1.54) is 24.3 Å². The van der Waals surface area contributed by atoms with Gasteiger partial charge in [-0.2, -0.15) is 0 Å². The predicted octanol–water partition coefficient (Wildman–Crippen LogP) is 0.935. The van der Waals surface area contributed by atoms with Crippen LogP contribution in [0, 0.1) is 11.7 Å². The molecule has 8 nitrogen and oxygen atoms in total. The molecule has 1 aromatic carbocycles. The van der Waals surface area contributed by atoms with Gasteiger partial charge in [-0.15, -0.1) is 0 Å². The molecule has 0 heterocycles. The van der Waals surface area contributed by atoms with E-state index in [2.05, 4.69) is 5.32 Å². The van der Waals surface area contributed by atoms with Gasteiger partial charge in [0.15, 0.2) is 6.10 Å². The van der Waals surface area contributed by atoms with E-state index in [0.717, 1.165) is 4.90 Å². The molecule has 9 heteroatoms. The lowest BCUT2D eigenvalue weighted by molar-refractivity contribution is -0.147. The Morgan fingerprint density at radius 3 is 2.12 bits per heavy atom. The highest BCUT2D eigenvalue weighted by Crippen LogP contribution is 2.08. The van der Waals surface area contributed by atoms with Crippen LogP contribution in [0.25, 0.3) is 0 Å². The smallest absolute Gasteiger partial charge is 0.334 e. The van der Waals surface area contributed by atoms with Crippen LogP contribution in [0.15, 0.2) is 24.3 Å². The largest absolute Gasteiger partial charge is 0.480 e. The molecule has 1 unspecified atom stereocenters. The molecule has 0 saturated heterocycles. The van der Waals surface area contributed by atoms with E-state index in [-0.39, 0.29) is 18.9 Å². The first-order valence-corrected chi connectivity index (χ1v) is 8.03. The van der Waals surface area contributed by atoms with Gasteiger partial charge in [-0.3, -0.25) is 0 Å². The van der Waals surface area contributed by atoms with Gasteiger partial charge in [0.2, 0.25) is 0 Å². The molecule has 0 aromatic heterocycles. The molecule has 0 aliphatic rings. The Bertz CT molecular complexity index is 635. The number of hydrogen-bond donors (Lipinski definition) is 4. The van der Waals surface area contributed by atoms with Crippen LogP contribution in [0.4, 0.5) is 9.18 Å². The Kier molecular flexibility index (Phi) is 7.98. The van der Waals surface area contributed by atoms with Gasteiger partial charge in [-0.05, 0) is 23.6 Å². The number of aliphatic hydroxyl groups excluding tert-OH is 1. The van der Waals surface area contributed by atoms with Crippen molar-refractivity contribution in [1.82, 2.24) is 10.2 Å². The average molecular weight is 370 g/mol. The normalized spacial score (nSPS) is 13.1. The number of aliphatic carboxylic acids is 2. The molecule has 26 heavy (non-hydrogen) atoms. The van der Waals surface area contributed by atoms with Crippen molar-refractivity contribution in [1.29, 1.82) is 0 Å². The zero-order valence-corrected chi connectivity index (χ0v) is 14.6. The van der Waals surface area contributed by atoms with Gasteiger partial charge < -0.3 is 25.5 Å². The third-order valence-corrected chi connectivity index (χ3v) is 3.50. The first kappa shape index (κ1) is 21.4. The van der Waals surface area contributed by atoms with E-state index in [4.69, 9.17) is 5.11 Å². The summed E-state index contributed by atoms with van der Waals surface area (Å²) in [4.78, 5) is 35.7. The fourth-order valence-corrected chi connectivity index (χ4v) is 2.26. The minimum absolute atomic E-state index is 0.0258. The van der Waals surface area contributed by atoms with Crippen LogP contribution in [-0.2, 0) is 16.0 Å². The average Bonchev–Trinajstić information content (AvgIpc) is 2.54. The molecule has 0 aliphatic carbocycles. The summed E-state index contributed by atoms with van der Waals surface area (Å²) in [5.74, 6) is -3.25. The summed E-state index contributed by atoms with van der Waals surface area (Å²) >= 11 is 0. The predicted molar refractivity (Wildman–Crippen MR) is 90.1 cm³/mol. The van der Waals surface area contributed by atoms with Crippen molar-refractivity contribution in [3.8, 4) is 0 Å². The van der Waals surface area contributed by atoms with Crippen molar-refractivity contribution in [2.24, 2.45) is 5.92 Å². The minimum atomic E-state index is -1.78. The highest BCUT2D eigenvalue weighted by molar-refractivity contribution is 5.83. The zero-order chi connectivity index (χ0) is 19.9. The quantitative estimate of drug-likeness (QED) is 0.512. The van der Waals surface area contributed by atoms with E-state index in [0.29, 0.717) is 5.56 Å². The molecule has 4 N–H and O–H groups in total. The third-order valence-electron chi connectivity index (χ3n) is 3.50. The van der Waals surface area contributed by atoms with E-state index >= 15 is 0 Å². The lowest BCUT2D eigenvalue weighted by Crippen LogP contribution is -2.52. The van der Waals surface area contributed by atoms with Crippen LogP contribution in [0.2, 0.25) is 0 Å². The van der Waals surface area contributed by atoms with Crippen molar-refractivity contribution in [2.75, 3.05) is 13.1 Å². The topological polar surface area (TPSA) is 127 Å². The maximum Gasteiger partial charge on any atom is 0.334 e. The highest BCUT2D eigenvalue weighted by atomic mass is 19.1. The fraction of sp³-hybridized carbons (Fsp3) is 0.471. The molecule has 1 aromatic rings. The van der Waals surface area contributed by atoms with Gasteiger partial charge in [-0.1, -0.05) is 26.0 Å². The Hall–Kier alpha value is -2.68. The van der Waals surface area contributed by atoms with Gasteiger partial charge in [0.1, 0.15) is 11.9 Å². The standard InChI is InChI=1S/C17H23FN2O6/c1-10(2)8-20(9-14(21)16(24)25)17(26)19-13(15(22)23)7-11-3-5-12(18)6-4-11/h3-6,10,13-14,21H,7-9H2,1-2H3,(H,19,26)(H,22,23)(H,24,25)/t13-,14?/m0/s1. The maximum atomic E-state index is 12.9. The number of carbonyl (C=O) groups is 3. The molecule has 0 aliphatic heterocycles. The molecule has 2 atom stereocenters. The number of halogens is 1. The molecular formula is C17H23FN2O6. The Labute approximate surface area is 150 Å². The number of aliphatic hydroxyl groups is 1. The lowest BCUT2D eigenvalue weighted by Gasteiger charge is -2.27. The number of benzene rings is 1. The molecule has 0 radical (unpaired) electrons. The minimum Gasteiger partial charge on any atom is -0.480 e. The third kappa shape index (κ3) is 7.06. The second-order valence-electron chi connectivity index (χ2n) is 6.32. The fourth-order valence-electron chi connectivity index (χ4n) is 2.26. The second-order valence-corrected chi connectivity index (χ2v) is 6.32. The number of amides is 2. The number of nitrogens with zero attached hydrogens (tertiary/aromatic N) is 1. The van der Waals surface area contributed by atoms with Crippen LogP contribution in [-0.4, -0.2) is 63.4 Å². The van der Waals surface area contributed by atoms with Crippen LogP contribution in [0.1, 0.15) is 19.4 Å². The number of hydrogen-bond acceptors (Lipinski definition) is 4. The SMILES string of the molecule is CC(C)CN(CC(O)C(=O)O)C(=O)N[C@@H](Cc1ccc(F)cc1)C(=O)O. The highest BCUT2D eigenvalue weighted by Gasteiger charge is 2.27. The molecular weight excluding hydrogens is 347 g/mol. The summed E-state index contributed by atoms with van der Waals surface area (Å²) in [5, 5.41) is 29.9. The monoisotopic (exact) mass is 370 g/mol. The van der Waals surface area contributed by atoms with Crippen molar-refractivity contribution < 1.29 is 34.1 Å². The number of urea groups is 1. The van der Waals surface area contributed by atoms with Crippen molar-refractivity contribution in [3.63, 3.8) is 0 Å². The summed E-state index contributed by atoms with van der Waals surface area (Å²) in [6, 6.07) is 3.11. The van der Waals surface area contributed by atoms with Crippen LogP contribution < -0.4 is 5.32 Å². The number of carboxylic acid groups (broad SMARTS) is 2. The van der Waals surface area contributed by atoms with Crippen molar-refractivity contribution in [2.45, 2.75) is 32.4 Å². The zero-order valence-electron chi connectivity index (χ0n) is 14.6. The van der Waals surface area contributed by atoms with E-state index in [1.54, 1.807) is 13.8 Å². The maximum absolute atomic E-state index is 12.9. The van der Waals surface area contributed by atoms with Crippen LogP contribution >= 0.6 is 0 Å². The molecule has 0 saturated carbocycles. The number of carbonyl (C=O) groups excluding carboxylic acids is 1. The van der Waals surface area contributed by atoms with Gasteiger partial charge >= 0.3 is 18.0 Å². The molecule has 144 valence electrons. The number of carboxylic acids is 2. The van der Waals surface area contributed by atoms with Gasteiger partial charge in [0, 0.05) is 13.0 Å². The molecule has 0 fully saturated rings. The Balaban J connectivity index is 2.85. The van der Waals surface area contributed by atoms with Crippen molar-refractivity contribution in [3.05, 3.63) is 35.6 Å². The molecule has 2 amide bonds. The Morgan fingerprint density at radius 2 is 1.65 bits per heavy atom. The Morgan fingerprint density at radius 1 is 1.08 bits per heavy atom. The summed E-state index contributed by atoms with van der Waals surface area (Å²) in [6.07, 6.45) is -1.85. The van der Waals surface area contributed by atoms with Crippen LogP contribution in [0.5, 0.6) is 0 Å². The molecule has 0 bridgehead atoms. The summed E-state index contributed by atoms with van der Waals surface area (Å²) in [6.45, 7) is 3.25. The first-order valence-electron chi connectivity index (χ1n) is 8.03. The van der Waals surface area contributed by atoms with E-state index in [1.807, 2.05) is 0 Å². The van der Waals surface area contributed by atoms with Crippen molar-refractivity contribution >= 4 is 18.0 Å². The van der Waals surface area contributed by atoms with E-state index in [9.17, 15) is 29.0 Å². The van der Waals surface area contributed by atoms with Crippen LogP contribution in [0.3, 0.4) is 0 Å². The first-order chi connectivity index (χ1) is 12.1. The molecule has 0 spiro atoms. The van der Waals surface area contributed by atoms with Gasteiger partial charge in [0.05, 0.1) is 6.54 Å². The second kappa shape index (κ2) is 9.71. The molecule has 1 rings (SSSR count). The number of nitrogens with one attached hydrogen (secondary N) is 1. The van der Waals surface area contributed by atoms with E-state index < -0.39 is 42.5 Å². The van der Waals surface area contributed by atoms with Gasteiger partial charge in [-0.25, -0.2) is 18.8 Å². The summed E-state index contributed by atoms with van der Waals surface area (Å²) in [5.41, 5.74) is 0.514. The summed E-state index contributed by atoms with van der Waals surface area (Å²) < 4.78 is 12.9. The van der Waals surface area contributed by atoms with Gasteiger partial charge in [0.25, 0.3) is 0 Å².